The molecule has 1 saturated carbocycles. The summed E-state index contributed by atoms with van der Waals surface area (Å²) in [5, 5.41) is 20.2. The predicted molar refractivity (Wildman–Crippen MR) is 151 cm³/mol. The standard InChI is InChI=1S/C31H34F2N2O8/c1-30(2,3)43-29(39)35-16-31(40,17-36)12-20(35)15-41-27-24(33)23(32)11-21-25(27)34(19-9-10-19)13-22(26(21)37)28(38)42-14-18-7-5-4-6-8-18/h4-8,11,13,19-20,36,40H,9-10,12,14-17H2,1-3H3/t20-,31+/m1/s1. The molecule has 3 aromatic rings. The molecule has 1 aromatic heterocycles. The number of fused-ring (bicyclic) bond motifs is 1. The van der Waals surface area contributed by atoms with Crippen molar-refractivity contribution in [3.05, 3.63) is 75.6 Å². The van der Waals surface area contributed by atoms with E-state index in [1.165, 1.54) is 15.7 Å². The second-order valence-corrected chi connectivity index (χ2v) is 12.1. The Morgan fingerprint density at radius 3 is 2.47 bits per heavy atom. The van der Waals surface area contributed by atoms with E-state index in [1.54, 1.807) is 45.0 Å². The summed E-state index contributed by atoms with van der Waals surface area (Å²) < 4.78 is 48.4. The van der Waals surface area contributed by atoms with Crippen molar-refractivity contribution in [2.75, 3.05) is 19.8 Å². The largest absolute Gasteiger partial charge is 0.486 e. The van der Waals surface area contributed by atoms with Crippen molar-refractivity contribution in [3.8, 4) is 5.75 Å². The molecular weight excluding hydrogens is 566 g/mol. The average Bonchev–Trinajstić information content (AvgIpc) is 3.74. The average molecular weight is 601 g/mol. The van der Waals surface area contributed by atoms with Crippen LogP contribution in [0.4, 0.5) is 13.6 Å². The quantitative estimate of drug-likeness (QED) is 0.371. The monoisotopic (exact) mass is 600 g/mol. The number of β-amino-alcohol motifs (C(OH)–C–C–N with tert-alkyl or cyclic N) is 1. The van der Waals surface area contributed by atoms with Gasteiger partial charge in [0.15, 0.2) is 11.6 Å². The third kappa shape index (κ3) is 6.50. The summed E-state index contributed by atoms with van der Waals surface area (Å²) in [7, 11) is 0. The van der Waals surface area contributed by atoms with Gasteiger partial charge in [0.25, 0.3) is 0 Å². The van der Waals surface area contributed by atoms with Gasteiger partial charge in [0.2, 0.25) is 11.2 Å². The molecule has 1 saturated heterocycles. The van der Waals surface area contributed by atoms with E-state index >= 15 is 4.39 Å². The Kier molecular flexibility index (Phi) is 8.19. The Labute approximate surface area is 246 Å². The van der Waals surface area contributed by atoms with Crippen molar-refractivity contribution in [1.82, 2.24) is 9.47 Å². The van der Waals surface area contributed by atoms with Gasteiger partial charge in [-0.1, -0.05) is 30.3 Å². The summed E-state index contributed by atoms with van der Waals surface area (Å²) in [6.45, 7) is 3.61. The molecule has 1 aliphatic carbocycles. The molecule has 2 atom stereocenters. The second-order valence-electron chi connectivity index (χ2n) is 12.1. The highest BCUT2D eigenvalue weighted by atomic mass is 19.2. The molecule has 2 fully saturated rings. The summed E-state index contributed by atoms with van der Waals surface area (Å²) in [4.78, 5) is 40.5. The molecule has 0 spiro atoms. The normalized spacial score (nSPS) is 20.3. The molecule has 5 rings (SSSR count). The molecule has 0 bridgehead atoms. The van der Waals surface area contributed by atoms with Crippen LogP contribution < -0.4 is 10.2 Å². The molecule has 2 aromatic carbocycles. The van der Waals surface area contributed by atoms with Crippen molar-refractivity contribution >= 4 is 23.0 Å². The number of nitrogens with zero attached hydrogens (tertiary/aromatic N) is 2. The molecule has 43 heavy (non-hydrogen) atoms. The fourth-order valence-corrected chi connectivity index (χ4v) is 5.19. The molecule has 1 aliphatic heterocycles. The molecular formula is C31H34F2N2O8. The van der Waals surface area contributed by atoms with Gasteiger partial charge in [-0.15, -0.1) is 0 Å². The number of hydrogen-bond donors (Lipinski definition) is 2. The molecule has 2 N–H and O–H groups in total. The summed E-state index contributed by atoms with van der Waals surface area (Å²) in [6, 6.07) is 8.55. The summed E-state index contributed by atoms with van der Waals surface area (Å²) in [6.07, 6.45) is 1.74. The smallest absolute Gasteiger partial charge is 0.410 e. The highest BCUT2D eigenvalue weighted by molar-refractivity contribution is 5.95. The van der Waals surface area contributed by atoms with Crippen LogP contribution in [0, 0.1) is 11.6 Å². The van der Waals surface area contributed by atoms with Crippen LogP contribution in [0.25, 0.3) is 10.9 Å². The highest BCUT2D eigenvalue weighted by Gasteiger charge is 2.46. The maximum absolute atomic E-state index is 15.4. The molecule has 12 heteroatoms. The van der Waals surface area contributed by atoms with E-state index in [-0.39, 0.29) is 42.1 Å². The van der Waals surface area contributed by atoms with Crippen LogP contribution in [-0.4, -0.2) is 68.7 Å². The lowest BCUT2D eigenvalue weighted by Gasteiger charge is -2.28. The number of benzene rings is 2. The van der Waals surface area contributed by atoms with Gasteiger partial charge in [0.1, 0.15) is 30.0 Å². The van der Waals surface area contributed by atoms with E-state index in [0.29, 0.717) is 18.4 Å². The number of aliphatic hydroxyl groups is 2. The molecule has 10 nitrogen and oxygen atoms in total. The minimum Gasteiger partial charge on any atom is -0.486 e. The fraction of sp³-hybridized carbons (Fsp3) is 0.452. The summed E-state index contributed by atoms with van der Waals surface area (Å²) >= 11 is 0. The first-order valence-electron chi connectivity index (χ1n) is 14.0. The number of halogens is 2. The number of hydrogen-bond acceptors (Lipinski definition) is 8. The number of carbonyl (C=O) groups is 2. The van der Waals surface area contributed by atoms with Crippen LogP contribution in [0.5, 0.6) is 5.75 Å². The van der Waals surface area contributed by atoms with Crippen LogP contribution in [0.15, 0.2) is 47.4 Å². The van der Waals surface area contributed by atoms with Gasteiger partial charge < -0.3 is 29.0 Å². The second kappa shape index (κ2) is 11.6. The lowest BCUT2D eigenvalue weighted by Crippen LogP contribution is -2.43. The molecule has 0 unspecified atom stereocenters. The first kappa shape index (κ1) is 30.4. The lowest BCUT2D eigenvalue weighted by atomic mass is 10.0. The zero-order valence-corrected chi connectivity index (χ0v) is 24.1. The van der Waals surface area contributed by atoms with Crippen LogP contribution >= 0.6 is 0 Å². The zero-order valence-electron chi connectivity index (χ0n) is 24.1. The summed E-state index contributed by atoms with van der Waals surface area (Å²) in [5.41, 5.74) is -3.01. The maximum Gasteiger partial charge on any atom is 0.410 e. The highest BCUT2D eigenvalue weighted by Crippen LogP contribution is 2.41. The van der Waals surface area contributed by atoms with E-state index < -0.39 is 65.3 Å². The number of aliphatic hydroxyl groups excluding tert-OH is 1. The van der Waals surface area contributed by atoms with Gasteiger partial charge in [-0.05, 0) is 45.2 Å². The van der Waals surface area contributed by atoms with Gasteiger partial charge in [0, 0.05) is 18.7 Å². The topological polar surface area (TPSA) is 128 Å². The van der Waals surface area contributed by atoms with Crippen LogP contribution in [0.1, 0.15) is 62.0 Å². The first-order valence-corrected chi connectivity index (χ1v) is 14.0. The Bertz CT molecular complexity index is 1600. The van der Waals surface area contributed by atoms with E-state index in [4.69, 9.17) is 14.2 Å². The van der Waals surface area contributed by atoms with Gasteiger partial charge in [-0.2, -0.15) is 4.39 Å². The Hall–Kier alpha value is -4.03. The molecule has 2 aliphatic rings. The van der Waals surface area contributed by atoms with Crippen LogP contribution in [0.2, 0.25) is 0 Å². The fourth-order valence-electron chi connectivity index (χ4n) is 5.19. The van der Waals surface area contributed by atoms with Crippen molar-refractivity contribution < 1.29 is 42.8 Å². The molecule has 0 radical (unpaired) electrons. The van der Waals surface area contributed by atoms with Crippen molar-refractivity contribution in [3.63, 3.8) is 0 Å². The van der Waals surface area contributed by atoms with Gasteiger partial charge in [-0.3, -0.25) is 9.69 Å². The van der Waals surface area contributed by atoms with Crippen LogP contribution in [-0.2, 0) is 16.1 Å². The van der Waals surface area contributed by atoms with Crippen molar-refractivity contribution in [2.45, 2.75) is 69.9 Å². The Balaban J connectivity index is 1.49. The van der Waals surface area contributed by atoms with Gasteiger partial charge in [-0.25, -0.2) is 14.0 Å². The number of pyridine rings is 1. The van der Waals surface area contributed by atoms with Crippen LogP contribution in [0.3, 0.4) is 0 Å². The van der Waals surface area contributed by atoms with E-state index in [2.05, 4.69) is 0 Å². The number of esters is 1. The summed E-state index contributed by atoms with van der Waals surface area (Å²) in [5.74, 6) is -4.18. The van der Waals surface area contributed by atoms with E-state index in [9.17, 15) is 29.0 Å². The third-order valence-electron chi connectivity index (χ3n) is 7.40. The minimum atomic E-state index is -1.65. The minimum absolute atomic E-state index is 0.0368. The number of carbonyl (C=O) groups excluding carboxylic acids is 2. The lowest BCUT2D eigenvalue weighted by molar-refractivity contribution is -0.0124. The Morgan fingerprint density at radius 2 is 1.84 bits per heavy atom. The number of amides is 1. The van der Waals surface area contributed by atoms with E-state index in [1.807, 2.05) is 6.07 Å². The molecule has 2 heterocycles. The zero-order chi connectivity index (χ0) is 31.1. The molecule has 230 valence electrons. The maximum atomic E-state index is 15.4. The number of rotatable bonds is 8. The predicted octanol–water partition coefficient (Wildman–Crippen LogP) is 4.08. The van der Waals surface area contributed by atoms with Gasteiger partial charge in [0.05, 0.1) is 30.1 Å². The SMILES string of the molecule is CC(C)(C)OC(=O)N1C[C@](O)(CO)C[C@@H]1COc1c(F)c(F)cc2c(=O)c(C(=O)OCc3ccccc3)cn(C3CC3)c12. The number of ether oxygens (including phenoxy) is 3. The Morgan fingerprint density at radius 1 is 1.14 bits per heavy atom. The first-order chi connectivity index (χ1) is 20.3. The van der Waals surface area contributed by atoms with E-state index in [0.717, 1.165) is 6.07 Å². The van der Waals surface area contributed by atoms with Gasteiger partial charge >= 0.3 is 12.1 Å². The number of aromatic nitrogens is 1. The third-order valence-corrected chi connectivity index (χ3v) is 7.40. The van der Waals surface area contributed by atoms with Crippen molar-refractivity contribution in [2.24, 2.45) is 0 Å². The van der Waals surface area contributed by atoms with Crippen molar-refractivity contribution in [1.29, 1.82) is 0 Å². The number of likely N-dealkylation sites (tertiary alicyclic amines) is 1. The molecule has 1 amide bonds.